The molecule has 0 aliphatic heterocycles. The van der Waals surface area contributed by atoms with Gasteiger partial charge in [0.2, 0.25) is 0 Å². The molecule has 0 aliphatic rings. The highest BCUT2D eigenvalue weighted by Crippen LogP contribution is 2.23. The van der Waals surface area contributed by atoms with Crippen molar-refractivity contribution in [2.45, 2.75) is 13.3 Å². The molecule has 2 aromatic rings. The maximum absolute atomic E-state index is 5.70. The third-order valence-electron chi connectivity index (χ3n) is 2.58. The monoisotopic (exact) mass is 285 g/mol. The average Bonchev–Trinajstić information content (AvgIpc) is 2.53. The molecule has 0 fully saturated rings. The van der Waals surface area contributed by atoms with Crippen molar-refractivity contribution in [3.8, 4) is 17.2 Å². The maximum Gasteiger partial charge on any atom is 0.151 e. The largest absolute Gasteiger partial charge is 0.490 e. The Balaban J connectivity index is 1.75. The highest BCUT2D eigenvalue weighted by Gasteiger charge is 1.98. The van der Waals surface area contributed by atoms with Gasteiger partial charge in [-0.2, -0.15) is 0 Å². The minimum Gasteiger partial charge on any atom is -0.490 e. The fourth-order valence-corrected chi connectivity index (χ4v) is 1.61. The number of hydrogen-bond donors (Lipinski definition) is 0. The SMILES string of the molecule is CC/C=N\OCCOc1ccc(Oc2ccccc2)cc1. The van der Waals surface area contributed by atoms with E-state index in [0.29, 0.717) is 13.2 Å². The lowest BCUT2D eigenvalue weighted by Gasteiger charge is -2.08. The number of para-hydroxylation sites is 1. The van der Waals surface area contributed by atoms with Crippen LogP contribution in [0.3, 0.4) is 0 Å². The van der Waals surface area contributed by atoms with Crippen molar-refractivity contribution < 1.29 is 14.3 Å². The van der Waals surface area contributed by atoms with Crippen LogP contribution in [0, 0.1) is 0 Å². The number of hydrogen-bond acceptors (Lipinski definition) is 4. The van der Waals surface area contributed by atoms with Crippen molar-refractivity contribution in [3.05, 3.63) is 54.6 Å². The van der Waals surface area contributed by atoms with E-state index in [1.807, 2.05) is 61.5 Å². The number of rotatable bonds is 8. The van der Waals surface area contributed by atoms with E-state index in [2.05, 4.69) is 5.16 Å². The van der Waals surface area contributed by atoms with Gasteiger partial charge in [0.05, 0.1) is 0 Å². The summed E-state index contributed by atoms with van der Waals surface area (Å²) in [5.74, 6) is 2.36. The van der Waals surface area contributed by atoms with Crippen molar-refractivity contribution in [1.82, 2.24) is 0 Å². The van der Waals surface area contributed by atoms with Crippen LogP contribution in [0.5, 0.6) is 17.2 Å². The van der Waals surface area contributed by atoms with Crippen LogP contribution in [0.1, 0.15) is 13.3 Å². The predicted octanol–water partition coefficient (Wildman–Crippen LogP) is 4.27. The third kappa shape index (κ3) is 5.57. The molecule has 0 radical (unpaired) electrons. The van der Waals surface area contributed by atoms with Crippen LogP contribution in [0.2, 0.25) is 0 Å². The number of ether oxygens (including phenoxy) is 2. The highest BCUT2D eigenvalue weighted by molar-refractivity contribution is 5.55. The van der Waals surface area contributed by atoms with Crippen molar-refractivity contribution in [3.63, 3.8) is 0 Å². The molecule has 2 rings (SSSR count). The molecule has 0 unspecified atom stereocenters. The van der Waals surface area contributed by atoms with E-state index in [1.165, 1.54) is 0 Å². The summed E-state index contributed by atoms with van der Waals surface area (Å²) in [6, 6.07) is 17.1. The molecule has 0 saturated heterocycles. The van der Waals surface area contributed by atoms with Crippen molar-refractivity contribution in [1.29, 1.82) is 0 Å². The normalized spacial score (nSPS) is 10.5. The van der Waals surface area contributed by atoms with Crippen LogP contribution < -0.4 is 9.47 Å². The Morgan fingerprint density at radius 2 is 1.52 bits per heavy atom. The molecule has 0 aliphatic carbocycles. The van der Waals surface area contributed by atoms with Gasteiger partial charge >= 0.3 is 0 Å². The summed E-state index contributed by atoms with van der Waals surface area (Å²) < 4.78 is 11.2. The number of nitrogens with zero attached hydrogens (tertiary/aromatic N) is 1. The molecule has 0 bridgehead atoms. The summed E-state index contributed by atoms with van der Waals surface area (Å²) in [6.45, 7) is 2.89. The summed E-state index contributed by atoms with van der Waals surface area (Å²) in [6.07, 6.45) is 2.58. The van der Waals surface area contributed by atoms with Crippen LogP contribution in [-0.4, -0.2) is 19.4 Å². The van der Waals surface area contributed by atoms with Gasteiger partial charge in [-0.25, -0.2) is 0 Å². The fraction of sp³-hybridized carbons (Fsp3) is 0.235. The van der Waals surface area contributed by atoms with E-state index in [9.17, 15) is 0 Å². The molecule has 0 N–H and O–H groups in total. The third-order valence-corrected chi connectivity index (χ3v) is 2.58. The van der Waals surface area contributed by atoms with Gasteiger partial charge in [0, 0.05) is 6.21 Å². The summed E-state index contributed by atoms with van der Waals surface area (Å²) in [5, 5.41) is 3.76. The summed E-state index contributed by atoms with van der Waals surface area (Å²) in [4.78, 5) is 5.02. The molecule has 0 amide bonds. The van der Waals surface area contributed by atoms with Crippen molar-refractivity contribution in [2.75, 3.05) is 13.2 Å². The zero-order valence-electron chi connectivity index (χ0n) is 12.1. The second-order valence-electron chi connectivity index (χ2n) is 4.26. The lowest BCUT2D eigenvalue weighted by atomic mass is 10.3. The summed E-state index contributed by atoms with van der Waals surface area (Å²) in [5.41, 5.74) is 0. The first-order chi connectivity index (χ1) is 10.4. The Kier molecular flexibility index (Phi) is 6.13. The molecule has 2 aromatic carbocycles. The second kappa shape index (κ2) is 8.64. The average molecular weight is 285 g/mol. The topological polar surface area (TPSA) is 40.0 Å². The van der Waals surface area contributed by atoms with Crippen LogP contribution in [0.25, 0.3) is 0 Å². The molecule has 0 heterocycles. The predicted molar refractivity (Wildman–Crippen MR) is 83.2 cm³/mol. The first-order valence-electron chi connectivity index (χ1n) is 6.98. The number of oxime groups is 1. The zero-order valence-corrected chi connectivity index (χ0v) is 12.1. The van der Waals surface area contributed by atoms with Gasteiger partial charge in [-0.3, -0.25) is 0 Å². The van der Waals surface area contributed by atoms with Gasteiger partial charge in [-0.15, -0.1) is 0 Å². The molecular weight excluding hydrogens is 266 g/mol. The van der Waals surface area contributed by atoms with E-state index in [4.69, 9.17) is 14.3 Å². The Labute approximate surface area is 125 Å². The van der Waals surface area contributed by atoms with E-state index >= 15 is 0 Å². The quantitative estimate of drug-likeness (QED) is 0.413. The van der Waals surface area contributed by atoms with E-state index in [0.717, 1.165) is 23.7 Å². The molecule has 110 valence electrons. The minimum atomic E-state index is 0.429. The Hall–Kier alpha value is -2.49. The molecule has 0 spiro atoms. The van der Waals surface area contributed by atoms with Crippen molar-refractivity contribution in [2.24, 2.45) is 5.16 Å². The van der Waals surface area contributed by atoms with Crippen molar-refractivity contribution >= 4 is 6.21 Å². The first kappa shape index (κ1) is 14.9. The van der Waals surface area contributed by atoms with E-state index in [1.54, 1.807) is 6.21 Å². The van der Waals surface area contributed by atoms with Gasteiger partial charge in [0.1, 0.15) is 23.9 Å². The molecule has 0 saturated carbocycles. The van der Waals surface area contributed by atoms with Gasteiger partial charge in [0.25, 0.3) is 0 Å². The molecule has 4 nitrogen and oxygen atoms in total. The van der Waals surface area contributed by atoms with Gasteiger partial charge in [-0.1, -0.05) is 30.3 Å². The standard InChI is InChI=1S/C17H19NO3/c1-2-12-18-20-14-13-19-15-8-10-17(11-9-15)21-16-6-4-3-5-7-16/h3-12H,2,13-14H2,1H3/b18-12-. The molecule has 21 heavy (non-hydrogen) atoms. The Morgan fingerprint density at radius 3 is 2.24 bits per heavy atom. The van der Waals surface area contributed by atoms with Gasteiger partial charge < -0.3 is 14.3 Å². The van der Waals surface area contributed by atoms with E-state index in [-0.39, 0.29) is 0 Å². The van der Waals surface area contributed by atoms with Crippen LogP contribution in [-0.2, 0) is 4.84 Å². The molecule has 4 heteroatoms. The summed E-state index contributed by atoms with van der Waals surface area (Å²) in [7, 11) is 0. The highest BCUT2D eigenvalue weighted by atomic mass is 16.6. The molecule has 0 atom stereocenters. The molecule has 0 aromatic heterocycles. The minimum absolute atomic E-state index is 0.429. The van der Waals surface area contributed by atoms with Crippen LogP contribution >= 0.6 is 0 Å². The van der Waals surface area contributed by atoms with Gasteiger partial charge in [0.15, 0.2) is 6.61 Å². The number of benzene rings is 2. The fourth-order valence-electron chi connectivity index (χ4n) is 1.61. The second-order valence-corrected chi connectivity index (χ2v) is 4.26. The zero-order chi connectivity index (χ0) is 14.8. The summed E-state index contributed by atoms with van der Waals surface area (Å²) >= 11 is 0. The lowest BCUT2D eigenvalue weighted by molar-refractivity contribution is 0.108. The maximum atomic E-state index is 5.70. The smallest absolute Gasteiger partial charge is 0.151 e. The van der Waals surface area contributed by atoms with Crippen LogP contribution in [0.4, 0.5) is 0 Å². The first-order valence-corrected chi connectivity index (χ1v) is 6.98. The Bertz CT molecular complexity index is 538. The lowest BCUT2D eigenvalue weighted by Crippen LogP contribution is -2.04. The Morgan fingerprint density at radius 1 is 0.857 bits per heavy atom. The van der Waals surface area contributed by atoms with Crippen LogP contribution in [0.15, 0.2) is 59.8 Å². The van der Waals surface area contributed by atoms with E-state index < -0.39 is 0 Å². The molecular formula is C17H19NO3. The van der Waals surface area contributed by atoms with Gasteiger partial charge in [-0.05, 0) is 42.8 Å².